The molecule has 1 N–H and O–H groups in total. The van der Waals surface area contributed by atoms with Gasteiger partial charge in [0.25, 0.3) is 5.91 Å². The van der Waals surface area contributed by atoms with E-state index in [4.69, 9.17) is 4.42 Å². The number of hydrogen-bond donors (Lipinski definition) is 1. The van der Waals surface area contributed by atoms with Crippen molar-refractivity contribution in [1.29, 1.82) is 0 Å². The number of para-hydroxylation sites is 1. The van der Waals surface area contributed by atoms with Crippen LogP contribution in [0.4, 0.5) is 0 Å². The van der Waals surface area contributed by atoms with E-state index in [-0.39, 0.29) is 17.7 Å². The van der Waals surface area contributed by atoms with Gasteiger partial charge in [0, 0.05) is 18.5 Å². The number of nitrogens with one attached hydrogen (secondary N) is 1. The third kappa shape index (κ3) is 3.12. The molecule has 1 amide bonds. The third-order valence-electron chi connectivity index (χ3n) is 3.80. The van der Waals surface area contributed by atoms with E-state index in [0.717, 1.165) is 10.6 Å². The molecule has 4 rings (SSSR count). The summed E-state index contributed by atoms with van der Waals surface area (Å²) < 4.78 is 5.55. The average molecular weight is 363 g/mol. The van der Waals surface area contributed by atoms with E-state index in [1.165, 1.54) is 6.07 Å². The summed E-state index contributed by atoms with van der Waals surface area (Å²) >= 11 is 1.55. The molecule has 0 radical (unpaired) electrons. The van der Waals surface area contributed by atoms with Crippen molar-refractivity contribution in [2.75, 3.05) is 0 Å². The minimum Gasteiger partial charge on any atom is -0.451 e. The van der Waals surface area contributed by atoms with E-state index in [0.29, 0.717) is 16.7 Å². The van der Waals surface area contributed by atoms with E-state index >= 15 is 0 Å². The fourth-order valence-corrected chi connectivity index (χ4v) is 3.33. The Balaban J connectivity index is 1.58. The van der Waals surface area contributed by atoms with Crippen molar-refractivity contribution < 1.29 is 9.21 Å². The van der Waals surface area contributed by atoms with Crippen molar-refractivity contribution in [2.24, 2.45) is 0 Å². The summed E-state index contributed by atoms with van der Waals surface area (Å²) in [6, 6.07) is 11.9. The zero-order chi connectivity index (χ0) is 17.9. The zero-order valence-electron chi connectivity index (χ0n) is 13.5. The second-order valence-electron chi connectivity index (χ2n) is 5.48. The molecule has 0 saturated carbocycles. The average Bonchev–Trinajstić information content (AvgIpc) is 3.21. The van der Waals surface area contributed by atoms with E-state index in [1.807, 2.05) is 17.5 Å². The normalized spacial score (nSPS) is 10.8. The predicted octanol–water partition coefficient (Wildman–Crippen LogP) is 3.24. The third-order valence-corrected chi connectivity index (χ3v) is 4.68. The smallest absolute Gasteiger partial charge is 0.287 e. The number of nitrogens with zero attached hydrogens (tertiary/aromatic N) is 2. The molecule has 0 saturated heterocycles. The maximum atomic E-state index is 12.4. The van der Waals surface area contributed by atoms with E-state index in [2.05, 4.69) is 15.3 Å². The maximum Gasteiger partial charge on any atom is 0.287 e. The first-order valence-electron chi connectivity index (χ1n) is 7.87. The number of benzene rings is 1. The minimum atomic E-state index is -0.476. The van der Waals surface area contributed by atoms with Crippen LogP contribution in [0.15, 0.2) is 69.5 Å². The van der Waals surface area contributed by atoms with Gasteiger partial charge in [0.2, 0.25) is 0 Å². The Hall–Kier alpha value is -3.32. The number of aromatic nitrogens is 2. The highest BCUT2D eigenvalue weighted by molar-refractivity contribution is 7.13. The molecule has 0 unspecified atom stereocenters. The number of fused-ring (bicyclic) bond motifs is 1. The van der Waals surface area contributed by atoms with Crippen LogP contribution >= 0.6 is 11.3 Å². The van der Waals surface area contributed by atoms with Gasteiger partial charge in [-0.25, -0.2) is 0 Å². The lowest BCUT2D eigenvalue weighted by molar-refractivity contribution is 0.0923. The Kier molecular flexibility index (Phi) is 4.28. The Morgan fingerprint density at radius 1 is 1.12 bits per heavy atom. The molecule has 6 nitrogen and oxygen atoms in total. The molecule has 7 heteroatoms. The molecule has 1 aromatic carbocycles. The van der Waals surface area contributed by atoms with Crippen LogP contribution in [0.25, 0.3) is 21.5 Å². The highest BCUT2D eigenvalue weighted by atomic mass is 32.1. The number of rotatable bonds is 4. The number of amides is 1. The molecular weight excluding hydrogens is 350 g/mol. The molecule has 4 aromatic rings. The quantitative estimate of drug-likeness (QED) is 0.602. The van der Waals surface area contributed by atoms with Crippen LogP contribution in [0.5, 0.6) is 0 Å². The molecule has 3 aromatic heterocycles. The van der Waals surface area contributed by atoms with Crippen molar-refractivity contribution in [1.82, 2.24) is 15.3 Å². The molecule has 0 aliphatic carbocycles. The SMILES string of the molecule is O=C(NCc1nccnc1-c1cccs1)c1cc(=O)c2ccccc2o1. The summed E-state index contributed by atoms with van der Waals surface area (Å²) in [5.74, 6) is -0.508. The van der Waals surface area contributed by atoms with E-state index in [1.54, 1.807) is 48.0 Å². The fourth-order valence-electron chi connectivity index (χ4n) is 2.58. The standard InChI is InChI=1S/C19H13N3O3S/c23-14-10-16(25-15-5-2-1-4-12(14)15)19(24)22-11-13-18(21-8-7-20-13)17-6-3-9-26-17/h1-10H,11H2,(H,22,24). The van der Waals surface area contributed by atoms with Gasteiger partial charge in [-0.3, -0.25) is 19.6 Å². The Morgan fingerprint density at radius 2 is 1.96 bits per heavy atom. The van der Waals surface area contributed by atoms with Gasteiger partial charge in [-0.15, -0.1) is 11.3 Å². The van der Waals surface area contributed by atoms with Gasteiger partial charge in [0.1, 0.15) is 11.3 Å². The summed E-state index contributed by atoms with van der Waals surface area (Å²) in [7, 11) is 0. The molecule has 0 atom stereocenters. The van der Waals surface area contributed by atoms with Gasteiger partial charge in [0.05, 0.1) is 22.5 Å². The molecule has 3 heterocycles. The van der Waals surface area contributed by atoms with Crippen LogP contribution < -0.4 is 10.7 Å². The summed E-state index contributed by atoms with van der Waals surface area (Å²) in [5, 5.41) is 5.14. The van der Waals surface area contributed by atoms with Crippen molar-refractivity contribution in [2.45, 2.75) is 6.54 Å². The van der Waals surface area contributed by atoms with E-state index < -0.39 is 5.91 Å². The van der Waals surface area contributed by atoms with Crippen LogP contribution in [0, 0.1) is 0 Å². The lowest BCUT2D eigenvalue weighted by atomic mass is 10.2. The molecule has 26 heavy (non-hydrogen) atoms. The van der Waals surface area contributed by atoms with Gasteiger partial charge in [0.15, 0.2) is 11.2 Å². The lowest BCUT2D eigenvalue weighted by Crippen LogP contribution is -2.25. The summed E-state index contributed by atoms with van der Waals surface area (Å²) in [6.45, 7) is 0.177. The molecule has 0 aliphatic heterocycles. The second-order valence-corrected chi connectivity index (χ2v) is 6.43. The van der Waals surface area contributed by atoms with Crippen LogP contribution in [0.2, 0.25) is 0 Å². The van der Waals surface area contributed by atoms with Crippen molar-refractivity contribution >= 4 is 28.2 Å². The van der Waals surface area contributed by atoms with Gasteiger partial charge in [-0.1, -0.05) is 18.2 Å². The number of thiophene rings is 1. The van der Waals surface area contributed by atoms with Crippen LogP contribution in [-0.4, -0.2) is 15.9 Å². The van der Waals surface area contributed by atoms with Gasteiger partial charge < -0.3 is 9.73 Å². The highest BCUT2D eigenvalue weighted by Crippen LogP contribution is 2.24. The monoisotopic (exact) mass is 363 g/mol. The van der Waals surface area contributed by atoms with Crippen LogP contribution in [0.3, 0.4) is 0 Å². The summed E-state index contributed by atoms with van der Waals surface area (Å²) in [4.78, 5) is 34.2. The first kappa shape index (κ1) is 16.2. The topological polar surface area (TPSA) is 85.1 Å². The number of hydrogen-bond acceptors (Lipinski definition) is 6. The summed E-state index contributed by atoms with van der Waals surface area (Å²) in [6.07, 6.45) is 3.19. The minimum absolute atomic E-state index is 0.0322. The number of carbonyl (C=O) groups is 1. The Morgan fingerprint density at radius 3 is 2.81 bits per heavy atom. The molecule has 0 spiro atoms. The van der Waals surface area contributed by atoms with Crippen LogP contribution in [-0.2, 0) is 6.54 Å². The summed E-state index contributed by atoms with van der Waals surface area (Å²) in [5.41, 5.74) is 1.49. The molecule has 0 bridgehead atoms. The molecule has 0 fully saturated rings. The largest absolute Gasteiger partial charge is 0.451 e. The Labute approximate surface area is 152 Å². The van der Waals surface area contributed by atoms with Crippen molar-refractivity contribution in [3.8, 4) is 10.6 Å². The van der Waals surface area contributed by atoms with Crippen molar-refractivity contribution in [3.63, 3.8) is 0 Å². The number of carbonyl (C=O) groups excluding carboxylic acids is 1. The van der Waals surface area contributed by atoms with Crippen molar-refractivity contribution in [3.05, 3.63) is 81.9 Å². The van der Waals surface area contributed by atoms with Gasteiger partial charge >= 0.3 is 0 Å². The van der Waals surface area contributed by atoms with Gasteiger partial charge in [-0.2, -0.15) is 0 Å². The predicted molar refractivity (Wildman–Crippen MR) is 99.0 cm³/mol. The first-order valence-corrected chi connectivity index (χ1v) is 8.75. The fraction of sp³-hybridized carbons (Fsp3) is 0.0526. The maximum absolute atomic E-state index is 12.4. The van der Waals surface area contributed by atoms with E-state index in [9.17, 15) is 9.59 Å². The zero-order valence-corrected chi connectivity index (χ0v) is 14.3. The molecular formula is C19H13N3O3S. The Bertz CT molecular complexity index is 1140. The molecule has 0 aliphatic rings. The lowest BCUT2D eigenvalue weighted by Gasteiger charge is -2.08. The first-order chi connectivity index (χ1) is 12.7. The molecule has 128 valence electrons. The van der Waals surface area contributed by atoms with Crippen LogP contribution in [0.1, 0.15) is 16.2 Å². The highest BCUT2D eigenvalue weighted by Gasteiger charge is 2.14. The second kappa shape index (κ2) is 6.89. The van der Waals surface area contributed by atoms with Gasteiger partial charge in [-0.05, 0) is 23.6 Å².